The van der Waals surface area contributed by atoms with Crippen molar-refractivity contribution in [2.75, 3.05) is 13.6 Å². The lowest BCUT2D eigenvalue weighted by Gasteiger charge is -2.30. The van der Waals surface area contributed by atoms with Gasteiger partial charge in [-0.25, -0.2) is 0 Å². The summed E-state index contributed by atoms with van der Waals surface area (Å²) in [5.41, 5.74) is 0.775. The van der Waals surface area contributed by atoms with Crippen LogP contribution in [0.5, 0.6) is 5.75 Å². The number of hydrogen-bond acceptors (Lipinski definition) is 3. The number of hydrogen-bond donors (Lipinski definition) is 1. The Morgan fingerprint density at radius 1 is 1.28 bits per heavy atom. The number of ether oxygens (including phenoxy) is 1. The first kappa shape index (κ1) is 12.8. The highest BCUT2D eigenvalue weighted by molar-refractivity contribution is 5.84. The van der Waals surface area contributed by atoms with E-state index in [-0.39, 0.29) is 5.60 Å². The van der Waals surface area contributed by atoms with Crippen molar-refractivity contribution in [3.05, 3.63) is 36.5 Å². The van der Waals surface area contributed by atoms with Crippen LogP contribution < -0.4 is 10.1 Å². The molecule has 0 bridgehead atoms. The second-order valence-corrected chi connectivity index (χ2v) is 4.76. The number of rotatable bonds is 5. The first-order chi connectivity index (χ1) is 8.68. The Morgan fingerprint density at radius 2 is 2.11 bits per heavy atom. The first-order valence-electron chi connectivity index (χ1n) is 6.36. The van der Waals surface area contributed by atoms with E-state index in [2.05, 4.69) is 24.1 Å². The van der Waals surface area contributed by atoms with Crippen molar-refractivity contribution >= 4 is 10.9 Å². The fourth-order valence-electron chi connectivity index (χ4n) is 2.04. The van der Waals surface area contributed by atoms with Gasteiger partial charge >= 0.3 is 0 Å². The molecule has 1 atom stereocenters. The molecule has 0 aliphatic rings. The maximum absolute atomic E-state index is 6.20. The Bertz CT molecular complexity index is 521. The number of nitrogens with zero attached hydrogens (tertiary/aromatic N) is 1. The Morgan fingerprint density at radius 3 is 2.83 bits per heavy atom. The van der Waals surface area contributed by atoms with Crippen LogP contribution in [0.2, 0.25) is 0 Å². The van der Waals surface area contributed by atoms with Crippen molar-refractivity contribution < 1.29 is 4.74 Å². The SMILES string of the molecule is CCC(C)(CNC)Oc1cccc2ncccc12. The number of likely N-dealkylation sites (N-methyl/N-ethyl adjacent to an activating group) is 1. The maximum atomic E-state index is 6.20. The van der Waals surface area contributed by atoms with Crippen molar-refractivity contribution in [3.63, 3.8) is 0 Å². The average Bonchev–Trinajstić information content (AvgIpc) is 2.39. The zero-order chi connectivity index (χ0) is 13.0. The van der Waals surface area contributed by atoms with Gasteiger partial charge in [0.2, 0.25) is 0 Å². The first-order valence-corrected chi connectivity index (χ1v) is 6.36. The molecule has 18 heavy (non-hydrogen) atoms. The molecule has 1 N–H and O–H groups in total. The smallest absolute Gasteiger partial charge is 0.129 e. The lowest BCUT2D eigenvalue weighted by Crippen LogP contribution is -2.41. The third-order valence-corrected chi connectivity index (χ3v) is 3.26. The van der Waals surface area contributed by atoms with Crippen molar-refractivity contribution in [2.24, 2.45) is 0 Å². The molecule has 0 amide bonds. The van der Waals surface area contributed by atoms with Crippen LogP contribution in [0.3, 0.4) is 0 Å². The van der Waals surface area contributed by atoms with Gasteiger partial charge in [-0.3, -0.25) is 4.98 Å². The summed E-state index contributed by atoms with van der Waals surface area (Å²) < 4.78 is 6.20. The van der Waals surface area contributed by atoms with Gasteiger partial charge in [-0.15, -0.1) is 0 Å². The fraction of sp³-hybridized carbons (Fsp3) is 0.400. The van der Waals surface area contributed by atoms with Crippen molar-refractivity contribution in [3.8, 4) is 5.75 Å². The lowest BCUT2D eigenvalue weighted by molar-refractivity contribution is 0.0877. The van der Waals surface area contributed by atoms with Gasteiger partial charge in [-0.2, -0.15) is 0 Å². The molecular weight excluding hydrogens is 224 g/mol. The predicted octanol–water partition coefficient (Wildman–Crippen LogP) is 3.00. The number of nitrogens with one attached hydrogen (secondary N) is 1. The summed E-state index contributed by atoms with van der Waals surface area (Å²) in [6.45, 7) is 5.08. The second-order valence-electron chi connectivity index (χ2n) is 4.76. The predicted molar refractivity (Wildman–Crippen MR) is 75.0 cm³/mol. The maximum Gasteiger partial charge on any atom is 0.129 e. The third kappa shape index (κ3) is 2.62. The zero-order valence-corrected chi connectivity index (χ0v) is 11.2. The van der Waals surface area contributed by atoms with Gasteiger partial charge in [-0.05, 0) is 44.7 Å². The normalized spacial score (nSPS) is 14.4. The molecule has 0 radical (unpaired) electrons. The molecule has 1 heterocycles. The number of benzene rings is 1. The molecule has 1 unspecified atom stereocenters. The van der Waals surface area contributed by atoms with Gasteiger partial charge < -0.3 is 10.1 Å². The van der Waals surface area contributed by atoms with E-state index in [1.807, 2.05) is 37.4 Å². The minimum Gasteiger partial charge on any atom is -0.486 e. The molecule has 2 rings (SSSR count). The van der Waals surface area contributed by atoms with E-state index in [4.69, 9.17) is 4.74 Å². The second kappa shape index (κ2) is 5.36. The number of aromatic nitrogens is 1. The number of pyridine rings is 1. The Hall–Kier alpha value is -1.61. The van der Waals surface area contributed by atoms with Crippen LogP contribution in [0.1, 0.15) is 20.3 Å². The topological polar surface area (TPSA) is 34.1 Å². The van der Waals surface area contributed by atoms with E-state index >= 15 is 0 Å². The van der Waals surface area contributed by atoms with E-state index in [0.29, 0.717) is 0 Å². The van der Waals surface area contributed by atoms with E-state index in [1.54, 1.807) is 6.20 Å². The van der Waals surface area contributed by atoms with Gasteiger partial charge in [0.05, 0.1) is 5.52 Å². The van der Waals surface area contributed by atoms with E-state index in [1.165, 1.54) is 0 Å². The largest absolute Gasteiger partial charge is 0.486 e. The molecule has 2 aromatic rings. The van der Waals surface area contributed by atoms with Gasteiger partial charge in [0.15, 0.2) is 0 Å². The summed E-state index contributed by atoms with van der Waals surface area (Å²) in [6.07, 6.45) is 2.75. The van der Waals surface area contributed by atoms with Gasteiger partial charge in [-0.1, -0.05) is 13.0 Å². The van der Waals surface area contributed by atoms with Crippen molar-refractivity contribution in [1.82, 2.24) is 10.3 Å². The highest BCUT2D eigenvalue weighted by Gasteiger charge is 2.23. The number of fused-ring (bicyclic) bond motifs is 1. The minimum absolute atomic E-state index is 0.196. The molecule has 0 aliphatic heterocycles. The summed E-state index contributed by atoms with van der Waals surface area (Å²) >= 11 is 0. The van der Waals surface area contributed by atoms with Gasteiger partial charge in [0.25, 0.3) is 0 Å². The summed E-state index contributed by atoms with van der Waals surface area (Å²) in [5.74, 6) is 0.903. The highest BCUT2D eigenvalue weighted by atomic mass is 16.5. The third-order valence-electron chi connectivity index (χ3n) is 3.26. The Kier molecular flexibility index (Phi) is 3.82. The molecule has 0 fully saturated rings. The van der Waals surface area contributed by atoms with Crippen molar-refractivity contribution in [1.29, 1.82) is 0 Å². The lowest BCUT2D eigenvalue weighted by atomic mass is 10.0. The van der Waals surface area contributed by atoms with Gasteiger partial charge in [0, 0.05) is 18.1 Å². The monoisotopic (exact) mass is 244 g/mol. The van der Waals surface area contributed by atoms with Crippen LogP contribution in [0.4, 0.5) is 0 Å². The Balaban J connectivity index is 2.36. The van der Waals surface area contributed by atoms with Crippen LogP contribution >= 0.6 is 0 Å². The van der Waals surface area contributed by atoms with Crippen LogP contribution in [-0.4, -0.2) is 24.2 Å². The van der Waals surface area contributed by atoms with E-state index < -0.39 is 0 Å². The summed E-state index contributed by atoms with van der Waals surface area (Å²) in [6, 6.07) is 9.99. The van der Waals surface area contributed by atoms with E-state index in [0.717, 1.165) is 29.6 Å². The molecule has 3 nitrogen and oxygen atoms in total. The minimum atomic E-state index is -0.196. The van der Waals surface area contributed by atoms with Gasteiger partial charge in [0.1, 0.15) is 11.4 Å². The molecule has 1 aromatic heterocycles. The molecular formula is C15H20N2O. The molecule has 0 saturated carbocycles. The Labute approximate surface area is 108 Å². The van der Waals surface area contributed by atoms with Crippen LogP contribution in [-0.2, 0) is 0 Å². The summed E-state index contributed by atoms with van der Waals surface area (Å²) in [7, 11) is 1.95. The van der Waals surface area contributed by atoms with Crippen LogP contribution in [0.25, 0.3) is 10.9 Å². The van der Waals surface area contributed by atoms with Crippen LogP contribution in [0.15, 0.2) is 36.5 Å². The van der Waals surface area contributed by atoms with E-state index in [9.17, 15) is 0 Å². The quantitative estimate of drug-likeness (QED) is 0.878. The highest BCUT2D eigenvalue weighted by Crippen LogP contribution is 2.28. The average molecular weight is 244 g/mol. The van der Waals surface area contributed by atoms with Crippen LogP contribution in [0, 0.1) is 0 Å². The standard InChI is InChI=1S/C15H20N2O/c1-4-15(2,11-16-3)18-14-9-5-8-13-12(14)7-6-10-17-13/h5-10,16H,4,11H2,1-3H3. The molecule has 3 heteroatoms. The summed E-state index contributed by atoms with van der Waals surface area (Å²) in [4.78, 5) is 4.35. The molecule has 1 aromatic carbocycles. The fourth-order valence-corrected chi connectivity index (χ4v) is 2.04. The molecule has 96 valence electrons. The molecule has 0 spiro atoms. The zero-order valence-electron chi connectivity index (χ0n) is 11.2. The van der Waals surface area contributed by atoms with Crippen molar-refractivity contribution in [2.45, 2.75) is 25.9 Å². The molecule has 0 saturated heterocycles. The molecule has 0 aliphatic carbocycles. The summed E-state index contributed by atoms with van der Waals surface area (Å²) in [5, 5.41) is 4.25.